The standard InChI is InChI=1S/C22H21F2N5O3S/c1-3-17(20(31)26-16-11-12(23)9-10-14(16)24)33-22-27-21(32)19(28-29-22)13-7-5-6-8-15(13)25-18(30)4-2/h5-11,17H,3-4H2,1-2H3,(H,25,30)(H,26,31)(H,27,29,32). The van der Waals surface area contributed by atoms with E-state index >= 15 is 0 Å². The number of rotatable bonds is 8. The smallest absolute Gasteiger partial charge is 0.278 e. The topological polar surface area (TPSA) is 117 Å². The third kappa shape index (κ3) is 6.01. The third-order valence-electron chi connectivity index (χ3n) is 4.56. The molecule has 2 amide bonds. The molecule has 172 valence electrons. The van der Waals surface area contributed by atoms with Crippen LogP contribution in [0.15, 0.2) is 52.4 Å². The zero-order chi connectivity index (χ0) is 24.0. The fraction of sp³-hybridized carbons (Fsp3) is 0.227. The molecule has 3 N–H and O–H groups in total. The van der Waals surface area contributed by atoms with Gasteiger partial charge in [0.05, 0.1) is 16.6 Å². The molecule has 0 aliphatic carbocycles. The zero-order valence-electron chi connectivity index (χ0n) is 17.8. The number of amides is 2. The lowest BCUT2D eigenvalue weighted by Crippen LogP contribution is -2.26. The lowest BCUT2D eigenvalue weighted by Gasteiger charge is -2.14. The Labute approximate surface area is 192 Å². The molecule has 2 aromatic carbocycles. The fourth-order valence-electron chi connectivity index (χ4n) is 2.85. The van der Waals surface area contributed by atoms with Crippen molar-refractivity contribution in [2.24, 2.45) is 0 Å². The van der Waals surface area contributed by atoms with Crippen LogP contribution < -0.4 is 16.2 Å². The van der Waals surface area contributed by atoms with Crippen molar-refractivity contribution in [1.82, 2.24) is 15.2 Å². The first-order valence-electron chi connectivity index (χ1n) is 10.1. The van der Waals surface area contributed by atoms with Crippen LogP contribution in [0.5, 0.6) is 0 Å². The van der Waals surface area contributed by atoms with Gasteiger partial charge in [0.1, 0.15) is 11.6 Å². The first-order chi connectivity index (χ1) is 15.8. The lowest BCUT2D eigenvalue weighted by atomic mass is 10.1. The molecular weight excluding hydrogens is 452 g/mol. The number of nitrogens with zero attached hydrogens (tertiary/aromatic N) is 2. The summed E-state index contributed by atoms with van der Waals surface area (Å²) in [6.07, 6.45) is 0.594. The van der Waals surface area contributed by atoms with Crippen LogP contribution >= 0.6 is 11.8 Å². The molecule has 0 bridgehead atoms. The van der Waals surface area contributed by atoms with Crippen LogP contribution in [0.3, 0.4) is 0 Å². The Kier molecular flexibility index (Phi) is 7.88. The third-order valence-corrected chi connectivity index (χ3v) is 5.80. The number of carbonyl (C=O) groups excluding carboxylic acids is 2. The van der Waals surface area contributed by atoms with E-state index in [2.05, 4.69) is 25.8 Å². The van der Waals surface area contributed by atoms with Crippen LogP contribution in [0.25, 0.3) is 11.3 Å². The lowest BCUT2D eigenvalue weighted by molar-refractivity contribution is -0.116. The molecule has 1 atom stereocenters. The van der Waals surface area contributed by atoms with Gasteiger partial charge in [-0.1, -0.05) is 43.8 Å². The molecule has 0 saturated heterocycles. The van der Waals surface area contributed by atoms with Crippen molar-refractivity contribution in [2.75, 3.05) is 10.6 Å². The van der Waals surface area contributed by atoms with Crippen molar-refractivity contribution in [1.29, 1.82) is 0 Å². The van der Waals surface area contributed by atoms with Crippen molar-refractivity contribution in [3.05, 3.63) is 64.5 Å². The van der Waals surface area contributed by atoms with E-state index in [-0.39, 0.29) is 28.9 Å². The molecule has 0 radical (unpaired) electrons. The Morgan fingerprint density at radius 2 is 1.82 bits per heavy atom. The van der Waals surface area contributed by atoms with E-state index in [1.165, 1.54) is 0 Å². The second kappa shape index (κ2) is 10.8. The van der Waals surface area contributed by atoms with Gasteiger partial charge in [0.2, 0.25) is 11.8 Å². The van der Waals surface area contributed by atoms with Crippen molar-refractivity contribution >= 4 is 35.0 Å². The Hall–Kier alpha value is -3.60. The van der Waals surface area contributed by atoms with Crippen LogP contribution in [-0.2, 0) is 9.59 Å². The van der Waals surface area contributed by atoms with Gasteiger partial charge in [0.15, 0.2) is 10.9 Å². The molecule has 1 unspecified atom stereocenters. The van der Waals surface area contributed by atoms with Gasteiger partial charge in [-0.05, 0) is 24.6 Å². The Morgan fingerprint density at radius 1 is 1.06 bits per heavy atom. The highest BCUT2D eigenvalue weighted by atomic mass is 32.2. The van der Waals surface area contributed by atoms with Gasteiger partial charge in [0.25, 0.3) is 5.56 Å². The molecule has 33 heavy (non-hydrogen) atoms. The molecule has 8 nitrogen and oxygen atoms in total. The average Bonchev–Trinajstić information content (AvgIpc) is 2.80. The molecule has 3 aromatic rings. The van der Waals surface area contributed by atoms with E-state index in [0.717, 1.165) is 30.0 Å². The normalized spacial score (nSPS) is 11.6. The van der Waals surface area contributed by atoms with E-state index < -0.39 is 28.4 Å². The summed E-state index contributed by atoms with van der Waals surface area (Å²) in [5.41, 5.74) is -0.00835. The summed E-state index contributed by atoms with van der Waals surface area (Å²) in [7, 11) is 0. The van der Waals surface area contributed by atoms with Crippen LogP contribution in [-0.4, -0.2) is 32.2 Å². The maximum Gasteiger partial charge on any atom is 0.278 e. The van der Waals surface area contributed by atoms with Gasteiger partial charge in [0, 0.05) is 18.1 Å². The summed E-state index contributed by atoms with van der Waals surface area (Å²) in [6.45, 7) is 3.44. The monoisotopic (exact) mass is 473 g/mol. The molecule has 0 aliphatic rings. The number of H-pyrrole nitrogens is 1. The Morgan fingerprint density at radius 3 is 2.52 bits per heavy atom. The number of thioether (sulfide) groups is 1. The maximum atomic E-state index is 13.8. The van der Waals surface area contributed by atoms with Crippen LogP contribution in [0.2, 0.25) is 0 Å². The van der Waals surface area contributed by atoms with E-state index in [9.17, 15) is 23.2 Å². The number of aromatic amines is 1. The molecular formula is C22H21F2N5O3S. The molecule has 11 heteroatoms. The van der Waals surface area contributed by atoms with Crippen molar-refractivity contribution < 1.29 is 18.4 Å². The fourth-order valence-corrected chi connectivity index (χ4v) is 3.69. The predicted molar refractivity (Wildman–Crippen MR) is 122 cm³/mol. The molecule has 3 rings (SSSR count). The number of hydrogen-bond donors (Lipinski definition) is 3. The van der Waals surface area contributed by atoms with Crippen molar-refractivity contribution in [3.63, 3.8) is 0 Å². The second-order valence-corrected chi connectivity index (χ2v) is 8.07. The van der Waals surface area contributed by atoms with E-state index in [1.807, 2.05) is 0 Å². The highest BCUT2D eigenvalue weighted by Crippen LogP contribution is 2.26. The minimum Gasteiger partial charge on any atom is -0.325 e. The molecule has 0 saturated carbocycles. The second-order valence-electron chi connectivity index (χ2n) is 6.88. The summed E-state index contributed by atoms with van der Waals surface area (Å²) in [5, 5.41) is 12.4. The summed E-state index contributed by atoms with van der Waals surface area (Å²) < 4.78 is 27.2. The minimum absolute atomic E-state index is 0.00526. The molecule has 0 spiro atoms. The number of carbonyl (C=O) groups is 2. The summed E-state index contributed by atoms with van der Waals surface area (Å²) in [5.74, 6) is -2.25. The highest BCUT2D eigenvalue weighted by molar-refractivity contribution is 8.00. The van der Waals surface area contributed by atoms with E-state index in [0.29, 0.717) is 17.7 Å². The number of para-hydroxylation sites is 1. The zero-order valence-corrected chi connectivity index (χ0v) is 18.6. The van der Waals surface area contributed by atoms with Crippen LogP contribution in [0.4, 0.5) is 20.2 Å². The van der Waals surface area contributed by atoms with Crippen LogP contribution in [0, 0.1) is 11.6 Å². The quantitative estimate of drug-likeness (QED) is 0.426. The molecule has 1 heterocycles. The number of halogens is 2. The van der Waals surface area contributed by atoms with Gasteiger partial charge in [-0.2, -0.15) is 0 Å². The predicted octanol–water partition coefficient (Wildman–Crippen LogP) is 3.97. The van der Waals surface area contributed by atoms with Crippen molar-refractivity contribution in [3.8, 4) is 11.3 Å². The largest absolute Gasteiger partial charge is 0.325 e. The Bertz CT molecular complexity index is 1230. The van der Waals surface area contributed by atoms with Gasteiger partial charge >= 0.3 is 0 Å². The average molecular weight is 474 g/mol. The van der Waals surface area contributed by atoms with E-state index in [1.54, 1.807) is 38.1 Å². The van der Waals surface area contributed by atoms with Gasteiger partial charge in [-0.25, -0.2) is 8.78 Å². The number of aromatic nitrogens is 3. The molecule has 0 aliphatic heterocycles. The maximum absolute atomic E-state index is 13.8. The van der Waals surface area contributed by atoms with Gasteiger partial charge < -0.3 is 10.6 Å². The van der Waals surface area contributed by atoms with Crippen LogP contribution in [0.1, 0.15) is 26.7 Å². The van der Waals surface area contributed by atoms with E-state index in [4.69, 9.17) is 0 Å². The first-order valence-corrected chi connectivity index (χ1v) is 11.0. The first kappa shape index (κ1) is 24.1. The summed E-state index contributed by atoms with van der Waals surface area (Å²) in [6, 6.07) is 9.45. The summed E-state index contributed by atoms with van der Waals surface area (Å²) >= 11 is 0.936. The molecule has 0 fully saturated rings. The van der Waals surface area contributed by atoms with Crippen molar-refractivity contribution in [2.45, 2.75) is 37.1 Å². The number of nitrogens with one attached hydrogen (secondary N) is 3. The minimum atomic E-state index is -0.768. The number of hydrogen-bond acceptors (Lipinski definition) is 6. The number of benzene rings is 2. The SMILES string of the molecule is CCC(=O)Nc1ccccc1-c1nnc(SC(CC)C(=O)Nc2cc(F)ccc2F)[nH]c1=O. The summed E-state index contributed by atoms with van der Waals surface area (Å²) in [4.78, 5) is 39.6. The molecule has 1 aromatic heterocycles. The highest BCUT2D eigenvalue weighted by Gasteiger charge is 2.22. The van der Waals surface area contributed by atoms with Gasteiger partial charge in [-0.15, -0.1) is 10.2 Å². The number of anilines is 2. The Balaban J connectivity index is 1.80. The van der Waals surface area contributed by atoms with Gasteiger partial charge in [-0.3, -0.25) is 19.4 Å².